The van der Waals surface area contributed by atoms with Gasteiger partial charge in [-0.3, -0.25) is 0 Å². The van der Waals surface area contributed by atoms with Gasteiger partial charge in [-0.1, -0.05) is 12.8 Å². The summed E-state index contributed by atoms with van der Waals surface area (Å²) in [7, 11) is 0. The third kappa shape index (κ3) is 2.06. The average molecular weight is 197 g/mol. The molecule has 4 heteroatoms. The summed E-state index contributed by atoms with van der Waals surface area (Å²) in [5, 5.41) is 1.24. The zero-order chi connectivity index (χ0) is 9.10. The molecular formula is C9H15N3S. The van der Waals surface area contributed by atoms with Crippen molar-refractivity contribution in [1.82, 2.24) is 9.36 Å². The molecule has 0 spiro atoms. The Morgan fingerprint density at radius 3 is 2.85 bits per heavy atom. The number of rotatable bonds is 3. The number of hydrogen-bond acceptors (Lipinski definition) is 4. The van der Waals surface area contributed by atoms with Crippen molar-refractivity contribution in [2.45, 2.75) is 38.0 Å². The number of nitrogens with two attached hydrogens (primary N) is 1. The van der Waals surface area contributed by atoms with E-state index < -0.39 is 0 Å². The minimum absolute atomic E-state index is 0.654. The van der Waals surface area contributed by atoms with Gasteiger partial charge in [0.15, 0.2) is 0 Å². The second-order valence-electron chi connectivity index (χ2n) is 3.57. The Hall–Kier alpha value is -0.480. The van der Waals surface area contributed by atoms with E-state index in [0.717, 1.165) is 12.2 Å². The quantitative estimate of drug-likeness (QED) is 0.802. The van der Waals surface area contributed by atoms with E-state index >= 15 is 0 Å². The first kappa shape index (κ1) is 9.09. The maximum atomic E-state index is 5.45. The summed E-state index contributed by atoms with van der Waals surface area (Å²) in [5.41, 5.74) is 5.45. The summed E-state index contributed by atoms with van der Waals surface area (Å²) in [6.07, 6.45) is 6.14. The number of nitrogens with zero attached hydrogens (tertiary/aromatic N) is 2. The Morgan fingerprint density at radius 1 is 1.38 bits per heavy atom. The Bertz CT molecular complexity index is 266. The van der Waals surface area contributed by atoms with Crippen LogP contribution in [0.25, 0.3) is 0 Å². The lowest BCUT2D eigenvalue weighted by Gasteiger charge is -2.00. The van der Waals surface area contributed by atoms with E-state index in [1.54, 1.807) is 11.5 Å². The third-order valence-corrected chi connectivity index (χ3v) is 3.47. The van der Waals surface area contributed by atoms with Crippen LogP contribution < -0.4 is 5.73 Å². The molecule has 0 aromatic carbocycles. The molecule has 0 bridgehead atoms. The molecule has 1 heterocycles. The fourth-order valence-electron chi connectivity index (χ4n) is 1.84. The van der Waals surface area contributed by atoms with Crippen molar-refractivity contribution in [1.29, 1.82) is 0 Å². The molecule has 72 valence electrons. The van der Waals surface area contributed by atoms with Gasteiger partial charge >= 0.3 is 0 Å². The highest BCUT2D eigenvalue weighted by atomic mass is 32.1. The van der Waals surface area contributed by atoms with Crippen LogP contribution in [0, 0.1) is 0 Å². The average Bonchev–Trinajstić information content (AvgIpc) is 2.70. The lowest BCUT2D eigenvalue weighted by molar-refractivity contribution is 0.710. The highest BCUT2D eigenvalue weighted by molar-refractivity contribution is 7.05. The van der Waals surface area contributed by atoms with Crippen molar-refractivity contribution < 1.29 is 0 Å². The molecule has 3 nitrogen and oxygen atoms in total. The Morgan fingerprint density at radius 2 is 2.15 bits per heavy atom. The Kier molecular flexibility index (Phi) is 2.90. The minimum Gasteiger partial charge on any atom is -0.330 e. The molecule has 0 unspecified atom stereocenters. The fourth-order valence-corrected chi connectivity index (χ4v) is 2.70. The molecule has 1 saturated carbocycles. The van der Waals surface area contributed by atoms with Crippen molar-refractivity contribution in [2.24, 2.45) is 5.73 Å². The van der Waals surface area contributed by atoms with Gasteiger partial charge in [-0.25, -0.2) is 4.98 Å². The molecule has 0 radical (unpaired) electrons. The maximum absolute atomic E-state index is 5.45. The third-order valence-electron chi connectivity index (χ3n) is 2.56. The second-order valence-corrected chi connectivity index (χ2v) is 4.35. The second kappa shape index (κ2) is 4.15. The fraction of sp³-hybridized carbons (Fsp3) is 0.778. The van der Waals surface area contributed by atoms with Gasteiger partial charge in [0.25, 0.3) is 0 Å². The topological polar surface area (TPSA) is 51.8 Å². The first-order chi connectivity index (χ1) is 6.40. The zero-order valence-electron chi connectivity index (χ0n) is 7.70. The van der Waals surface area contributed by atoms with Crippen molar-refractivity contribution in [3.63, 3.8) is 0 Å². The first-order valence-corrected chi connectivity index (χ1v) is 5.70. The molecule has 13 heavy (non-hydrogen) atoms. The van der Waals surface area contributed by atoms with Gasteiger partial charge in [0, 0.05) is 12.3 Å². The molecule has 1 aliphatic rings. The summed E-state index contributed by atoms with van der Waals surface area (Å²) in [6, 6.07) is 0. The van der Waals surface area contributed by atoms with E-state index in [1.807, 2.05) is 0 Å². The van der Waals surface area contributed by atoms with E-state index in [4.69, 9.17) is 5.73 Å². The highest BCUT2D eigenvalue weighted by Crippen LogP contribution is 2.34. The Labute approximate surface area is 82.5 Å². The van der Waals surface area contributed by atoms with Crippen LogP contribution in [0.1, 0.15) is 42.4 Å². The van der Waals surface area contributed by atoms with Gasteiger partial charge in [-0.05, 0) is 30.9 Å². The smallest absolute Gasteiger partial charge is 0.143 e. The van der Waals surface area contributed by atoms with Crippen LogP contribution in [-0.2, 0) is 6.42 Å². The van der Waals surface area contributed by atoms with Gasteiger partial charge in [0.05, 0.1) is 0 Å². The lowest BCUT2D eigenvalue weighted by Crippen LogP contribution is -2.04. The van der Waals surface area contributed by atoms with Crippen LogP contribution in [0.5, 0.6) is 0 Å². The van der Waals surface area contributed by atoms with Crippen LogP contribution in [0.15, 0.2) is 0 Å². The monoisotopic (exact) mass is 197 g/mol. The predicted molar refractivity (Wildman–Crippen MR) is 53.9 cm³/mol. The molecule has 0 amide bonds. The molecule has 0 aliphatic heterocycles. The van der Waals surface area contributed by atoms with Crippen LogP contribution in [0.2, 0.25) is 0 Å². The normalized spacial score (nSPS) is 18.2. The van der Waals surface area contributed by atoms with Crippen LogP contribution in [0.3, 0.4) is 0 Å². The van der Waals surface area contributed by atoms with E-state index in [0.29, 0.717) is 12.5 Å². The Balaban J connectivity index is 2.03. The van der Waals surface area contributed by atoms with Crippen LogP contribution in [0.4, 0.5) is 0 Å². The summed E-state index contributed by atoms with van der Waals surface area (Å²) in [6.45, 7) is 0.654. The van der Waals surface area contributed by atoms with Crippen molar-refractivity contribution in [2.75, 3.05) is 6.54 Å². The van der Waals surface area contributed by atoms with Gasteiger partial charge in [0.2, 0.25) is 0 Å². The van der Waals surface area contributed by atoms with E-state index in [9.17, 15) is 0 Å². The largest absolute Gasteiger partial charge is 0.330 e. The zero-order valence-corrected chi connectivity index (χ0v) is 8.52. The maximum Gasteiger partial charge on any atom is 0.143 e. The van der Waals surface area contributed by atoms with Crippen LogP contribution in [-0.4, -0.2) is 15.9 Å². The molecule has 1 aliphatic carbocycles. The SMILES string of the molecule is NCCc1nsc(C2CCCC2)n1. The van der Waals surface area contributed by atoms with Gasteiger partial charge < -0.3 is 5.73 Å². The highest BCUT2D eigenvalue weighted by Gasteiger charge is 2.20. The minimum atomic E-state index is 0.654. The molecule has 2 rings (SSSR count). The van der Waals surface area contributed by atoms with Crippen molar-refractivity contribution in [3.8, 4) is 0 Å². The van der Waals surface area contributed by atoms with Gasteiger partial charge in [0.1, 0.15) is 10.8 Å². The summed E-state index contributed by atoms with van der Waals surface area (Å²) in [5.74, 6) is 1.64. The standard InChI is InChI=1S/C9H15N3S/c10-6-5-8-11-9(13-12-8)7-3-1-2-4-7/h7H,1-6,10H2. The predicted octanol–water partition coefficient (Wildman–Crippen LogP) is 1.70. The lowest BCUT2D eigenvalue weighted by atomic mass is 10.1. The molecule has 2 N–H and O–H groups in total. The molecule has 1 fully saturated rings. The molecule has 1 aromatic rings. The summed E-state index contributed by atoms with van der Waals surface area (Å²) >= 11 is 1.57. The van der Waals surface area contributed by atoms with Gasteiger partial charge in [-0.2, -0.15) is 4.37 Å². The van der Waals surface area contributed by atoms with Crippen molar-refractivity contribution >= 4 is 11.5 Å². The van der Waals surface area contributed by atoms with Crippen LogP contribution >= 0.6 is 11.5 Å². The number of aromatic nitrogens is 2. The summed E-state index contributed by atoms with van der Waals surface area (Å²) < 4.78 is 4.30. The van der Waals surface area contributed by atoms with E-state index in [-0.39, 0.29) is 0 Å². The molecule has 1 aromatic heterocycles. The molecule has 0 saturated heterocycles. The van der Waals surface area contributed by atoms with Crippen molar-refractivity contribution in [3.05, 3.63) is 10.8 Å². The van der Waals surface area contributed by atoms with Gasteiger partial charge in [-0.15, -0.1) is 0 Å². The van der Waals surface area contributed by atoms with E-state index in [1.165, 1.54) is 30.7 Å². The first-order valence-electron chi connectivity index (χ1n) is 4.92. The molecule has 0 atom stereocenters. The summed E-state index contributed by atoms with van der Waals surface area (Å²) in [4.78, 5) is 4.51. The van der Waals surface area contributed by atoms with E-state index in [2.05, 4.69) is 9.36 Å². The molecular weight excluding hydrogens is 182 g/mol. The number of hydrogen-bond donors (Lipinski definition) is 1.